The lowest BCUT2D eigenvalue weighted by Crippen LogP contribution is -2.28. The molecule has 1 atom stereocenters. The summed E-state index contributed by atoms with van der Waals surface area (Å²) in [4.78, 5) is 28.8. The third kappa shape index (κ3) is 4.02. The van der Waals surface area contributed by atoms with E-state index >= 15 is 0 Å². The van der Waals surface area contributed by atoms with Crippen LogP contribution in [0.3, 0.4) is 0 Å². The maximum Gasteiger partial charge on any atom is 0.229 e. The number of hydrogen-bond donors (Lipinski definition) is 1. The van der Waals surface area contributed by atoms with Crippen molar-refractivity contribution in [3.05, 3.63) is 48.5 Å². The van der Waals surface area contributed by atoms with Crippen LogP contribution in [0.4, 0.5) is 11.4 Å². The zero-order chi connectivity index (χ0) is 17.8. The Balaban J connectivity index is 1.70. The van der Waals surface area contributed by atoms with Crippen molar-refractivity contribution in [2.24, 2.45) is 5.92 Å². The summed E-state index contributed by atoms with van der Waals surface area (Å²) in [6.45, 7) is 0.421. The number of amides is 2. The van der Waals surface area contributed by atoms with E-state index in [2.05, 4.69) is 5.32 Å². The van der Waals surface area contributed by atoms with Crippen LogP contribution in [0.5, 0.6) is 0 Å². The summed E-state index contributed by atoms with van der Waals surface area (Å²) < 4.78 is 0. The summed E-state index contributed by atoms with van der Waals surface area (Å²) in [5.74, 6) is -0.434. The van der Waals surface area contributed by atoms with Gasteiger partial charge in [0, 0.05) is 28.4 Å². The van der Waals surface area contributed by atoms with E-state index < -0.39 is 0 Å². The Morgan fingerprint density at radius 1 is 1.08 bits per heavy atom. The molecule has 1 saturated heterocycles. The molecule has 1 fully saturated rings. The Labute approximate surface area is 156 Å². The predicted molar refractivity (Wildman–Crippen MR) is 106 cm³/mol. The zero-order valence-corrected chi connectivity index (χ0v) is 15.8. The highest BCUT2D eigenvalue weighted by atomic mass is 32.2. The molecule has 6 heteroatoms. The van der Waals surface area contributed by atoms with Crippen molar-refractivity contribution in [1.82, 2.24) is 0 Å². The highest BCUT2D eigenvalue weighted by molar-refractivity contribution is 7.99. The second kappa shape index (κ2) is 7.97. The van der Waals surface area contributed by atoms with Gasteiger partial charge in [-0.05, 0) is 48.9 Å². The molecule has 1 aliphatic rings. The van der Waals surface area contributed by atoms with E-state index in [0.717, 1.165) is 21.2 Å². The molecule has 0 aliphatic carbocycles. The molecule has 3 rings (SSSR count). The average molecular weight is 373 g/mol. The molecule has 0 saturated carbocycles. The minimum absolute atomic E-state index is 0.00444. The van der Waals surface area contributed by atoms with Gasteiger partial charge in [-0.1, -0.05) is 12.1 Å². The van der Waals surface area contributed by atoms with Gasteiger partial charge >= 0.3 is 0 Å². The third-order valence-corrected chi connectivity index (χ3v) is 5.78. The van der Waals surface area contributed by atoms with E-state index in [1.54, 1.807) is 28.4 Å². The first kappa shape index (κ1) is 17.9. The molecule has 0 spiro atoms. The SMILES string of the molecule is CSc1ccc(N2CC(C(=O)Nc3ccccc3SC)CC2=O)cc1. The zero-order valence-electron chi connectivity index (χ0n) is 14.2. The quantitative estimate of drug-likeness (QED) is 0.802. The Morgan fingerprint density at radius 2 is 1.80 bits per heavy atom. The molecule has 0 radical (unpaired) electrons. The molecule has 1 heterocycles. The Morgan fingerprint density at radius 3 is 2.48 bits per heavy atom. The lowest BCUT2D eigenvalue weighted by Gasteiger charge is -2.17. The van der Waals surface area contributed by atoms with E-state index in [1.165, 1.54) is 0 Å². The van der Waals surface area contributed by atoms with Crippen LogP contribution in [0.15, 0.2) is 58.3 Å². The van der Waals surface area contributed by atoms with Crippen LogP contribution in [-0.2, 0) is 9.59 Å². The maximum absolute atomic E-state index is 12.6. The number of thioether (sulfide) groups is 2. The minimum atomic E-state index is -0.331. The summed E-state index contributed by atoms with van der Waals surface area (Å²) in [6, 6.07) is 15.6. The Kier molecular flexibility index (Phi) is 5.71. The van der Waals surface area contributed by atoms with Crippen molar-refractivity contribution in [3.63, 3.8) is 0 Å². The average Bonchev–Trinajstić information content (AvgIpc) is 3.04. The van der Waals surface area contributed by atoms with Crippen LogP contribution in [0, 0.1) is 5.92 Å². The molecule has 25 heavy (non-hydrogen) atoms. The van der Waals surface area contributed by atoms with Crippen molar-refractivity contribution in [2.45, 2.75) is 16.2 Å². The van der Waals surface area contributed by atoms with E-state index in [-0.39, 0.29) is 24.2 Å². The van der Waals surface area contributed by atoms with Crippen LogP contribution in [-0.4, -0.2) is 30.9 Å². The fraction of sp³-hybridized carbons (Fsp3) is 0.263. The van der Waals surface area contributed by atoms with Crippen LogP contribution in [0.25, 0.3) is 0 Å². The summed E-state index contributed by atoms with van der Waals surface area (Å²) in [6.07, 6.45) is 4.24. The molecule has 0 bridgehead atoms. The molecular formula is C19H20N2O2S2. The van der Waals surface area contributed by atoms with Crippen molar-refractivity contribution < 1.29 is 9.59 Å². The molecule has 0 aromatic heterocycles. The van der Waals surface area contributed by atoms with Gasteiger partial charge in [-0.25, -0.2) is 0 Å². The van der Waals surface area contributed by atoms with Crippen LogP contribution in [0.1, 0.15) is 6.42 Å². The molecule has 2 amide bonds. The normalized spacial score (nSPS) is 17.0. The Bertz CT molecular complexity index is 777. The number of carbonyl (C=O) groups excluding carboxylic acids is 2. The summed E-state index contributed by atoms with van der Waals surface area (Å²) >= 11 is 3.25. The first-order valence-corrected chi connectivity index (χ1v) is 10.5. The second-order valence-electron chi connectivity index (χ2n) is 5.79. The monoisotopic (exact) mass is 372 g/mol. The summed E-state index contributed by atoms with van der Waals surface area (Å²) in [5, 5.41) is 2.97. The van der Waals surface area contributed by atoms with Gasteiger partial charge in [-0.15, -0.1) is 23.5 Å². The van der Waals surface area contributed by atoms with Gasteiger partial charge < -0.3 is 10.2 Å². The molecular weight excluding hydrogens is 352 g/mol. The van der Waals surface area contributed by atoms with E-state index in [9.17, 15) is 9.59 Å². The lowest BCUT2D eigenvalue weighted by atomic mass is 10.1. The molecule has 1 unspecified atom stereocenters. The fourth-order valence-corrected chi connectivity index (χ4v) is 3.84. The van der Waals surface area contributed by atoms with Gasteiger partial charge in [0.25, 0.3) is 0 Å². The van der Waals surface area contributed by atoms with Gasteiger partial charge in [0.05, 0.1) is 11.6 Å². The first-order valence-electron chi connectivity index (χ1n) is 8.00. The number of nitrogens with zero attached hydrogens (tertiary/aromatic N) is 1. The van der Waals surface area contributed by atoms with Gasteiger partial charge in [-0.3, -0.25) is 9.59 Å². The van der Waals surface area contributed by atoms with Crippen LogP contribution >= 0.6 is 23.5 Å². The topological polar surface area (TPSA) is 49.4 Å². The largest absolute Gasteiger partial charge is 0.325 e. The number of para-hydroxylation sites is 1. The van der Waals surface area contributed by atoms with Crippen LogP contribution in [0.2, 0.25) is 0 Å². The smallest absolute Gasteiger partial charge is 0.229 e. The lowest BCUT2D eigenvalue weighted by molar-refractivity contribution is -0.122. The van der Waals surface area contributed by atoms with Crippen molar-refractivity contribution in [3.8, 4) is 0 Å². The van der Waals surface area contributed by atoms with E-state index in [1.807, 2.05) is 61.0 Å². The molecule has 4 nitrogen and oxygen atoms in total. The Hall–Kier alpha value is -1.92. The van der Waals surface area contributed by atoms with Crippen LogP contribution < -0.4 is 10.2 Å². The molecule has 1 N–H and O–H groups in total. The first-order chi connectivity index (χ1) is 12.1. The number of rotatable bonds is 5. The number of carbonyl (C=O) groups is 2. The molecule has 130 valence electrons. The summed E-state index contributed by atoms with van der Waals surface area (Å²) in [7, 11) is 0. The predicted octanol–water partition coefficient (Wildman–Crippen LogP) is 4.12. The standard InChI is InChI=1S/C19H20N2O2S2/c1-24-15-9-7-14(8-10-15)21-12-13(11-18(21)22)19(23)20-16-5-3-4-6-17(16)25-2/h3-10,13H,11-12H2,1-2H3,(H,20,23). The second-order valence-corrected chi connectivity index (χ2v) is 7.52. The molecule has 2 aromatic rings. The number of anilines is 2. The fourth-order valence-electron chi connectivity index (χ4n) is 2.88. The van der Waals surface area contributed by atoms with Gasteiger partial charge in [0.2, 0.25) is 11.8 Å². The third-order valence-electron chi connectivity index (χ3n) is 4.24. The van der Waals surface area contributed by atoms with Crippen molar-refractivity contribution in [1.29, 1.82) is 0 Å². The van der Waals surface area contributed by atoms with E-state index in [4.69, 9.17) is 0 Å². The highest BCUT2D eigenvalue weighted by Crippen LogP contribution is 2.29. The summed E-state index contributed by atoms with van der Waals surface area (Å²) in [5.41, 5.74) is 1.65. The molecule has 1 aliphatic heterocycles. The number of nitrogens with one attached hydrogen (secondary N) is 1. The van der Waals surface area contributed by atoms with E-state index in [0.29, 0.717) is 6.54 Å². The molecule has 2 aromatic carbocycles. The van der Waals surface area contributed by atoms with Crippen molar-refractivity contribution in [2.75, 3.05) is 29.3 Å². The van der Waals surface area contributed by atoms with Gasteiger partial charge in [0.1, 0.15) is 0 Å². The van der Waals surface area contributed by atoms with Crippen molar-refractivity contribution >= 4 is 46.7 Å². The number of benzene rings is 2. The maximum atomic E-state index is 12.6. The highest BCUT2D eigenvalue weighted by Gasteiger charge is 2.35. The van der Waals surface area contributed by atoms with Gasteiger partial charge in [0.15, 0.2) is 0 Å². The number of hydrogen-bond acceptors (Lipinski definition) is 4. The minimum Gasteiger partial charge on any atom is -0.325 e. The van der Waals surface area contributed by atoms with Gasteiger partial charge in [-0.2, -0.15) is 0 Å².